The van der Waals surface area contributed by atoms with Crippen molar-refractivity contribution in [2.75, 3.05) is 32.9 Å². The molecule has 2 aromatic carbocycles. The topological polar surface area (TPSA) is 94.3 Å². The minimum atomic E-state index is -0.703. The summed E-state index contributed by atoms with van der Waals surface area (Å²) < 4.78 is 17.1. The fourth-order valence-electron chi connectivity index (χ4n) is 4.01. The molecule has 30 heavy (non-hydrogen) atoms. The molecule has 0 aliphatic carbocycles. The molecule has 2 atom stereocenters. The van der Waals surface area contributed by atoms with Gasteiger partial charge in [-0.15, -0.1) is 0 Å². The van der Waals surface area contributed by atoms with Crippen LogP contribution in [0.3, 0.4) is 0 Å². The van der Waals surface area contributed by atoms with Gasteiger partial charge in [-0.3, -0.25) is 15.0 Å². The van der Waals surface area contributed by atoms with Gasteiger partial charge in [0, 0.05) is 25.1 Å². The van der Waals surface area contributed by atoms with Gasteiger partial charge in [0.25, 0.3) is 5.69 Å². The van der Waals surface area contributed by atoms with Gasteiger partial charge in [-0.05, 0) is 43.1 Å². The smallest absolute Gasteiger partial charge is 0.273 e. The number of nitro benzene ring substituents is 1. The van der Waals surface area contributed by atoms with Crippen molar-refractivity contribution in [2.45, 2.75) is 31.4 Å². The first-order chi connectivity index (χ1) is 14.6. The number of nitro groups is 1. The first-order valence-corrected chi connectivity index (χ1v) is 10.3. The molecule has 0 radical (unpaired) electrons. The zero-order valence-electron chi connectivity index (χ0n) is 16.7. The number of rotatable bonds is 7. The number of nitrogens with zero attached hydrogens (tertiary/aromatic N) is 2. The Bertz CT molecular complexity index is 890. The molecule has 2 aliphatic heterocycles. The highest BCUT2D eigenvalue weighted by Crippen LogP contribution is 2.37. The number of ether oxygens (including phenoxy) is 3. The Morgan fingerprint density at radius 2 is 2.00 bits per heavy atom. The van der Waals surface area contributed by atoms with Crippen molar-refractivity contribution in [3.63, 3.8) is 0 Å². The highest BCUT2D eigenvalue weighted by Gasteiger charge is 2.28. The number of likely N-dealkylation sites (tertiary alicyclic amines) is 1. The number of hydrogen-bond acceptors (Lipinski definition) is 7. The molecule has 2 aliphatic rings. The van der Waals surface area contributed by atoms with Crippen LogP contribution in [0.2, 0.25) is 0 Å². The van der Waals surface area contributed by atoms with Crippen LogP contribution >= 0.6 is 0 Å². The number of aliphatic hydroxyl groups is 1. The van der Waals surface area contributed by atoms with Crippen molar-refractivity contribution < 1.29 is 24.2 Å². The van der Waals surface area contributed by atoms with Crippen molar-refractivity contribution in [3.05, 3.63) is 58.1 Å². The van der Waals surface area contributed by atoms with E-state index in [0.717, 1.165) is 42.9 Å². The maximum Gasteiger partial charge on any atom is 0.273 e. The van der Waals surface area contributed by atoms with Crippen LogP contribution in [0, 0.1) is 10.1 Å². The average molecular weight is 414 g/mol. The third-order valence-corrected chi connectivity index (χ3v) is 5.44. The molecular weight excluding hydrogens is 388 g/mol. The summed E-state index contributed by atoms with van der Waals surface area (Å²) in [6.45, 7) is 2.75. The predicted molar refractivity (Wildman–Crippen MR) is 110 cm³/mol. The normalized spacial score (nSPS) is 19.8. The van der Waals surface area contributed by atoms with Crippen LogP contribution in [0.4, 0.5) is 5.69 Å². The van der Waals surface area contributed by atoms with Gasteiger partial charge in [0.2, 0.25) is 0 Å². The summed E-state index contributed by atoms with van der Waals surface area (Å²) in [6.07, 6.45) is 2.23. The molecule has 8 nitrogen and oxygen atoms in total. The van der Waals surface area contributed by atoms with E-state index in [1.54, 1.807) is 12.1 Å². The lowest BCUT2D eigenvalue weighted by atomic mass is 10.0. The highest BCUT2D eigenvalue weighted by atomic mass is 16.6. The Kier molecular flexibility index (Phi) is 6.35. The van der Waals surface area contributed by atoms with E-state index in [-0.39, 0.29) is 18.3 Å². The quantitative estimate of drug-likeness (QED) is 0.548. The molecule has 0 bridgehead atoms. The van der Waals surface area contributed by atoms with Gasteiger partial charge in [0.1, 0.15) is 18.5 Å². The van der Waals surface area contributed by atoms with Gasteiger partial charge in [0.05, 0.1) is 24.2 Å². The minimum Gasteiger partial charge on any atom is -0.491 e. The van der Waals surface area contributed by atoms with Crippen LogP contribution in [0.15, 0.2) is 42.5 Å². The van der Waals surface area contributed by atoms with Crippen molar-refractivity contribution in [1.82, 2.24) is 4.90 Å². The molecule has 2 heterocycles. The van der Waals surface area contributed by atoms with E-state index in [0.29, 0.717) is 25.5 Å². The van der Waals surface area contributed by atoms with Crippen LogP contribution in [0.25, 0.3) is 0 Å². The molecular formula is C22H26N2O6. The maximum absolute atomic E-state index is 10.9. The van der Waals surface area contributed by atoms with E-state index in [1.165, 1.54) is 12.1 Å². The number of β-amino-alcohol motifs (C(OH)–C–C–N with tert-alkyl or cyclic N) is 1. The molecule has 1 N–H and O–H groups in total. The van der Waals surface area contributed by atoms with E-state index in [9.17, 15) is 15.2 Å². The van der Waals surface area contributed by atoms with E-state index in [1.807, 2.05) is 6.07 Å². The summed E-state index contributed by atoms with van der Waals surface area (Å²) in [7, 11) is 0. The van der Waals surface area contributed by atoms with Crippen LogP contribution in [-0.4, -0.2) is 53.9 Å². The molecule has 0 spiro atoms. The lowest BCUT2D eigenvalue weighted by Crippen LogP contribution is -2.35. The molecule has 1 fully saturated rings. The summed E-state index contributed by atoms with van der Waals surface area (Å²) in [4.78, 5) is 12.7. The largest absolute Gasteiger partial charge is 0.491 e. The Morgan fingerprint density at radius 3 is 2.83 bits per heavy atom. The minimum absolute atomic E-state index is 0.0315. The zero-order chi connectivity index (χ0) is 20.9. The van der Waals surface area contributed by atoms with E-state index in [4.69, 9.17) is 14.2 Å². The molecule has 0 unspecified atom stereocenters. The van der Waals surface area contributed by atoms with E-state index in [2.05, 4.69) is 17.0 Å². The summed E-state index contributed by atoms with van der Waals surface area (Å²) in [5.41, 5.74) is 1.12. The van der Waals surface area contributed by atoms with Gasteiger partial charge in [-0.2, -0.15) is 0 Å². The number of fused-ring (bicyclic) bond motifs is 1. The third kappa shape index (κ3) is 4.83. The first kappa shape index (κ1) is 20.4. The fourth-order valence-corrected chi connectivity index (χ4v) is 4.01. The van der Waals surface area contributed by atoms with Crippen molar-refractivity contribution >= 4 is 5.69 Å². The number of hydrogen-bond donors (Lipinski definition) is 1. The molecule has 1 saturated heterocycles. The van der Waals surface area contributed by atoms with E-state index < -0.39 is 11.0 Å². The van der Waals surface area contributed by atoms with Crippen LogP contribution in [0.5, 0.6) is 17.2 Å². The molecule has 160 valence electrons. The molecule has 8 heteroatoms. The number of aliphatic hydroxyl groups excluding tert-OH is 1. The second kappa shape index (κ2) is 9.32. The maximum atomic E-state index is 10.9. The summed E-state index contributed by atoms with van der Waals surface area (Å²) >= 11 is 0. The average Bonchev–Trinajstić information content (AvgIpc) is 3.07. The van der Waals surface area contributed by atoms with Crippen LogP contribution < -0.4 is 14.2 Å². The Hall–Kier alpha value is -2.84. The van der Waals surface area contributed by atoms with Crippen molar-refractivity contribution in [2.24, 2.45) is 0 Å². The molecule has 0 amide bonds. The standard InChI is InChI=1S/C22H26N2O6/c25-18(15-30-19-5-1-4-17(13-19)24(26)27)14-23-9-2-6-20(23)16-7-8-21-22(12-16)29-11-3-10-28-21/h1,4-5,7-8,12-13,18,20,25H,2-3,6,9-11,14-15H2/t18-,20-/m1/s1. The Morgan fingerprint density at radius 1 is 1.17 bits per heavy atom. The monoisotopic (exact) mass is 414 g/mol. The SMILES string of the molecule is O=[N+]([O-])c1cccc(OC[C@H](O)CN2CCC[C@@H]2c2ccc3c(c2)OCCCO3)c1. The summed E-state index contributed by atoms with van der Waals surface area (Å²) in [5.74, 6) is 1.95. The van der Waals surface area contributed by atoms with Gasteiger partial charge < -0.3 is 19.3 Å². The first-order valence-electron chi connectivity index (χ1n) is 10.3. The zero-order valence-corrected chi connectivity index (χ0v) is 16.7. The molecule has 2 aromatic rings. The van der Waals surface area contributed by atoms with Crippen LogP contribution in [0.1, 0.15) is 30.9 Å². The van der Waals surface area contributed by atoms with Gasteiger partial charge in [-0.1, -0.05) is 12.1 Å². The Labute approximate surface area is 175 Å². The number of benzene rings is 2. The molecule has 0 saturated carbocycles. The summed E-state index contributed by atoms with van der Waals surface area (Å²) in [6, 6.07) is 12.3. The molecule has 4 rings (SSSR count). The predicted octanol–water partition coefficient (Wildman–Crippen LogP) is 3.33. The highest BCUT2D eigenvalue weighted by molar-refractivity contribution is 5.44. The fraction of sp³-hybridized carbons (Fsp3) is 0.455. The lowest BCUT2D eigenvalue weighted by Gasteiger charge is -2.27. The van der Waals surface area contributed by atoms with Gasteiger partial charge in [0.15, 0.2) is 11.5 Å². The van der Waals surface area contributed by atoms with Gasteiger partial charge >= 0.3 is 0 Å². The van der Waals surface area contributed by atoms with Crippen LogP contribution in [-0.2, 0) is 0 Å². The Balaban J connectivity index is 1.36. The van der Waals surface area contributed by atoms with Crippen molar-refractivity contribution in [3.8, 4) is 17.2 Å². The van der Waals surface area contributed by atoms with Gasteiger partial charge in [-0.25, -0.2) is 0 Å². The molecule has 0 aromatic heterocycles. The lowest BCUT2D eigenvalue weighted by molar-refractivity contribution is -0.384. The second-order valence-corrected chi connectivity index (χ2v) is 7.63. The number of non-ortho nitro benzene ring substituents is 1. The second-order valence-electron chi connectivity index (χ2n) is 7.63. The summed E-state index contributed by atoms with van der Waals surface area (Å²) in [5, 5.41) is 21.4. The van der Waals surface area contributed by atoms with Crippen molar-refractivity contribution in [1.29, 1.82) is 0 Å². The third-order valence-electron chi connectivity index (χ3n) is 5.44. The van der Waals surface area contributed by atoms with E-state index >= 15 is 0 Å².